The van der Waals surface area contributed by atoms with E-state index < -0.39 is 0 Å². The van der Waals surface area contributed by atoms with Crippen LogP contribution in [0.5, 0.6) is 0 Å². The van der Waals surface area contributed by atoms with Crippen LogP contribution in [0.3, 0.4) is 0 Å². The van der Waals surface area contributed by atoms with Gasteiger partial charge in [-0.3, -0.25) is 9.59 Å². The molecular formula is C18H27N3O2. The highest BCUT2D eigenvalue weighted by atomic mass is 16.2. The van der Waals surface area contributed by atoms with Crippen LogP contribution in [0.15, 0.2) is 24.3 Å². The number of para-hydroxylation sites is 1. The summed E-state index contributed by atoms with van der Waals surface area (Å²) in [6, 6.07) is 7.44. The Balaban J connectivity index is 1.89. The molecule has 0 bridgehead atoms. The number of nitrogens with two attached hydrogens (primary N) is 2. The van der Waals surface area contributed by atoms with Crippen molar-refractivity contribution in [3.05, 3.63) is 29.8 Å². The molecule has 0 saturated heterocycles. The van der Waals surface area contributed by atoms with E-state index in [1.54, 1.807) is 0 Å². The number of benzene rings is 1. The van der Waals surface area contributed by atoms with E-state index in [0.717, 1.165) is 31.2 Å². The highest BCUT2D eigenvalue weighted by Gasteiger charge is 2.26. The van der Waals surface area contributed by atoms with Gasteiger partial charge in [-0.2, -0.15) is 0 Å². The predicted octanol–water partition coefficient (Wildman–Crippen LogP) is 2.14. The SMILES string of the molecule is NC(=O)CC(NC(=O)CCc1ccccc1N)C1CCCCC1. The number of nitrogen functional groups attached to an aromatic ring is 1. The van der Waals surface area contributed by atoms with E-state index in [2.05, 4.69) is 5.32 Å². The number of aryl methyl sites for hydroxylation is 1. The van der Waals surface area contributed by atoms with Gasteiger partial charge in [0.2, 0.25) is 11.8 Å². The lowest BCUT2D eigenvalue weighted by molar-refractivity contribution is -0.123. The van der Waals surface area contributed by atoms with Gasteiger partial charge in [0, 0.05) is 24.6 Å². The molecule has 1 saturated carbocycles. The van der Waals surface area contributed by atoms with Gasteiger partial charge in [0.15, 0.2) is 0 Å². The van der Waals surface area contributed by atoms with Crippen molar-refractivity contribution >= 4 is 17.5 Å². The van der Waals surface area contributed by atoms with Crippen molar-refractivity contribution in [3.8, 4) is 0 Å². The maximum atomic E-state index is 12.3. The van der Waals surface area contributed by atoms with Gasteiger partial charge in [-0.1, -0.05) is 37.5 Å². The van der Waals surface area contributed by atoms with Crippen molar-refractivity contribution in [2.24, 2.45) is 11.7 Å². The maximum Gasteiger partial charge on any atom is 0.220 e. The van der Waals surface area contributed by atoms with Gasteiger partial charge in [0.25, 0.3) is 0 Å². The number of carbonyl (C=O) groups is 2. The minimum absolute atomic E-state index is 0.0370. The summed E-state index contributed by atoms with van der Waals surface area (Å²) in [5.74, 6) is -0.0275. The van der Waals surface area contributed by atoms with E-state index in [1.165, 1.54) is 6.42 Å². The smallest absolute Gasteiger partial charge is 0.220 e. The molecule has 2 amide bonds. The highest BCUT2D eigenvalue weighted by Crippen LogP contribution is 2.27. The van der Waals surface area contributed by atoms with Crippen LogP contribution in [-0.4, -0.2) is 17.9 Å². The lowest BCUT2D eigenvalue weighted by Gasteiger charge is -2.30. The van der Waals surface area contributed by atoms with Crippen molar-refractivity contribution in [2.75, 3.05) is 5.73 Å². The molecule has 5 N–H and O–H groups in total. The van der Waals surface area contributed by atoms with Gasteiger partial charge in [0.05, 0.1) is 0 Å². The van der Waals surface area contributed by atoms with Crippen LogP contribution < -0.4 is 16.8 Å². The molecule has 5 heteroatoms. The molecule has 5 nitrogen and oxygen atoms in total. The zero-order valence-corrected chi connectivity index (χ0v) is 13.6. The standard InChI is InChI=1S/C18H27N3O2/c19-15-9-5-4-6-13(15)10-11-18(23)21-16(12-17(20)22)14-7-2-1-3-8-14/h4-6,9,14,16H,1-3,7-8,10-12,19H2,(H2,20,22)(H,21,23). The number of primary amides is 1. The average Bonchev–Trinajstić information content (AvgIpc) is 2.54. The molecule has 1 aliphatic carbocycles. The number of rotatable bonds is 7. The summed E-state index contributed by atoms with van der Waals surface area (Å²) in [7, 11) is 0. The molecule has 1 aromatic rings. The van der Waals surface area contributed by atoms with E-state index in [4.69, 9.17) is 11.5 Å². The Morgan fingerprint density at radius 2 is 1.87 bits per heavy atom. The molecule has 0 aromatic heterocycles. The maximum absolute atomic E-state index is 12.3. The Bertz CT molecular complexity index is 539. The normalized spacial score (nSPS) is 16.7. The van der Waals surface area contributed by atoms with Gasteiger partial charge in [-0.25, -0.2) is 0 Å². The van der Waals surface area contributed by atoms with Gasteiger partial charge in [-0.05, 0) is 36.8 Å². The fourth-order valence-electron chi connectivity index (χ4n) is 3.38. The lowest BCUT2D eigenvalue weighted by atomic mass is 9.82. The first-order valence-electron chi connectivity index (χ1n) is 8.47. The summed E-state index contributed by atoms with van der Waals surface area (Å²) in [5, 5.41) is 3.03. The van der Waals surface area contributed by atoms with Crippen LogP contribution in [0.1, 0.15) is 50.5 Å². The number of carbonyl (C=O) groups excluding carboxylic acids is 2. The summed E-state index contributed by atoms with van der Waals surface area (Å²) < 4.78 is 0. The Labute approximate surface area is 137 Å². The molecular weight excluding hydrogens is 290 g/mol. The summed E-state index contributed by atoms with van der Waals surface area (Å²) in [4.78, 5) is 23.6. The van der Waals surface area contributed by atoms with Crippen LogP contribution in [0.4, 0.5) is 5.69 Å². The zero-order valence-electron chi connectivity index (χ0n) is 13.6. The monoisotopic (exact) mass is 317 g/mol. The fourth-order valence-corrected chi connectivity index (χ4v) is 3.38. The summed E-state index contributed by atoms with van der Waals surface area (Å²) in [6.45, 7) is 0. The number of hydrogen-bond donors (Lipinski definition) is 3. The number of anilines is 1. The molecule has 23 heavy (non-hydrogen) atoms. The molecule has 1 atom stereocenters. The Kier molecular flexibility index (Phi) is 6.44. The number of amides is 2. The second-order valence-corrected chi connectivity index (χ2v) is 6.44. The topological polar surface area (TPSA) is 98.2 Å². The molecule has 1 aromatic carbocycles. The van der Waals surface area contributed by atoms with E-state index in [-0.39, 0.29) is 24.3 Å². The molecule has 126 valence electrons. The van der Waals surface area contributed by atoms with Crippen molar-refractivity contribution < 1.29 is 9.59 Å². The van der Waals surface area contributed by atoms with Crippen molar-refractivity contribution in [1.29, 1.82) is 0 Å². The van der Waals surface area contributed by atoms with E-state index >= 15 is 0 Å². The van der Waals surface area contributed by atoms with E-state index in [0.29, 0.717) is 24.4 Å². The predicted molar refractivity (Wildman–Crippen MR) is 91.5 cm³/mol. The quantitative estimate of drug-likeness (QED) is 0.672. The minimum Gasteiger partial charge on any atom is -0.399 e. The summed E-state index contributed by atoms with van der Waals surface area (Å²) in [6.07, 6.45) is 6.88. The highest BCUT2D eigenvalue weighted by molar-refractivity contribution is 5.79. The number of hydrogen-bond acceptors (Lipinski definition) is 3. The Morgan fingerprint density at radius 3 is 2.52 bits per heavy atom. The summed E-state index contributed by atoms with van der Waals surface area (Å²) >= 11 is 0. The first kappa shape index (κ1) is 17.3. The second-order valence-electron chi connectivity index (χ2n) is 6.44. The third-order valence-electron chi connectivity index (χ3n) is 4.66. The van der Waals surface area contributed by atoms with Crippen LogP contribution in [0.25, 0.3) is 0 Å². The Hall–Kier alpha value is -2.04. The van der Waals surface area contributed by atoms with E-state index in [1.807, 2.05) is 24.3 Å². The molecule has 0 heterocycles. The second kappa shape index (κ2) is 8.56. The molecule has 1 aliphatic rings. The molecule has 0 radical (unpaired) electrons. The van der Waals surface area contributed by atoms with Gasteiger partial charge in [-0.15, -0.1) is 0 Å². The third kappa shape index (κ3) is 5.58. The fraction of sp³-hybridized carbons (Fsp3) is 0.556. The van der Waals surface area contributed by atoms with Crippen molar-refractivity contribution in [2.45, 2.75) is 57.4 Å². The minimum atomic E-state index is -0.354. The average molecular weight is 317 g/mol. The molecule has 0 aliphatic heterocycles. The van der Waals surface area contributed by atoms with Gasteiger partial charge >= 0.3 is 0 Å². The van der Waals surface area contributed by atoms with Gasteiger partial charge < -0.3 is 16.8 Å². The largest absolute Gasteiger partial charge is 0.399 e. The van der Waals surface area contributed by atoms with Crippen LogP contribution >= 0.6 is 0 Å². The molecule has 1 fully saturated rings. The van der Waals surface area contributed by atoms with Crippen LogP contribution in [0, 0.1) is 5.92 Å². The van der Waals surface area contributed by atoms with Crippen molar-refractivity contribution in [3.63, 3.8) is 0 Å². The Morgan fingerprint density at radius 1 is 1.17 bits per heavy atom. The zero-order chi connectivity index (χ0) is 16.7. The first-order valence-corrected chi connectivity index (χ1v) is 8.47. The third-order valence-corrected chi connectivity index (χ3v) is 4.66. The molecule has 2 rings (SSSR count). The van der Waals surface area contributed by atoms with Crippen molar-refractivity contribution in [1.82, 2.24) is 5.32 Å². The van der Waals surface area contributed by atoms with Crippen LogP contribution in [-0.2, 0) is 16.0 Å². The first-order chi connectivity index (χ1) is 11.1. The lowest BCUT2D eigenvalue weighted by Crippen LogP contribution is -2.43. The van der Waals surface area contributed by atoms with Gasteiger partial charge in [0.1, 0.15) is 0 Å². The van der Waals surface area contributed by atoms with E-state index in [9.17, 15) is 9.59 Å². The molecule has 0 spiro atoms. The molecule has 1 unspecified atom stereocenters. The van der Waals surface area contributed by atoms with Crippen LogP contribution in [0.2, 0.25) is 0 Å². The number of nitrogens with one attached hydrogen (secondary N) is 1. The summed E-state index contributed by atoms with van der Waals surface area (Å²) in [5.41, 5.74) is 12.9.